The summed E-state index contributed by atoms with van der Waals surface area (Å²) in [5, 5.41) is 7.55. The lowest BCUT2D eigenvalue weighted by Crippen LogP contribution is -2.28. The Morgan fingerprint density at radius 2 is 2.36 bits per heavy atom. The van der Waals surface area contributed by atoms with E-state index in [4.69, 9.17) is 10.5 Å². The zero-order valence-corrected chi connectivity index (χ0v) is 13.3. The SMILES string of the molecule is CCCCCN=C(N)NN=CC1CNc2ccc(OC)cc21. The molecule has 0 fully saturated rings. The topological polar surface area (TPSA) is 84.0 Å². The van der Waals surface area contributed by atoms with Crippen molar-refractivity contribution in [2.75, 3.05) is 25.5 Å². The van der Waals surface area contributed by atoms with Gasteiger partial charge in [-0.3, -0.25) is 4.99 Å². The summed E-state index contributed by atoms with van der Waals surface area (Å²) in [6.45, 7) is 3.73. The highest BCUT2D eigenvalue weighted by Crippen LogP contribution is 2.33. The molecule has 1 unspecified atom stereocenters. The number of hydrazone groups is 1. The minimum absolute atomic E-state index is 0.200. The number of anilines is 1. The molecule has 0 saturated heterocycles. The summed E-state index contributed by atoms with van der Waals surface area (Å²) in [5.74, 6) is 1.42. The van der Waals surface area contributed by atoms with Gasteiger partial charge < -0.3 is 15.8 Å². The van der Waals surface area contributed by atoms with Gasteiger partial charge in [0.2, 0.25) is 5.96 Å². The van der Waals surface area contributed by atoms with Crippen LogP contribution in [0.1, 0.15) is 37.7 Å². The number of guanidine groups is 1. The van der Waals surface area contributed by atoms with Crippen LogP contribution in [-0.4, -0.2) is 32.4 Å². The minimum Gasteiger partial charge on any atom is -0.497 e. The number of benzene rings is 1. The predicted molar refractivity (Wildman–Crippen MR) is 91.9 cm³/mol. The Balaban J connectivity index is 1.87. The van der Waals surface area contributed by atoms with Crippen molar-refractivity contribution in [2.45, 2.75) is 32.1 Å². The summed E-state index contributed by atoms with van der Waals surface area (Å²) in [6.07, 6.45) is 5.26. The number of nitrogens with zero attached hydrogens (tertiary/aromatic N) is 2. The van der Waals surface area contributed by atoms with Crippen molar-refractivity contribution in [1.29, 1.82) is 0 Å². The van der Waals surface area contributed by atoms with E-state index in [-0.39, 0.29) is 5.92 Å². The van der Waals surface area contributed by atoms with Crippen molar-refractivity contribution in [3.63, 3.8) is 0 Å². The summed E-state index contributed by atoms with van der Waals surface area (Å²) in [5.41, 5.74) is 10.9. The highest BCUT2D eigenvalue weighted by molar-refractivity contribution is 5.81. The molecule has 0 bridgehead atoms. The molecule has 4 N–H and O–H groups in total. The first-order chi connectivity index (χ1) is 10.7. The molecule has 1 heterocycles. The van der Waals surface area contributed by atoms with E-state index in [1.54, 1.807) is 7.11 Å². The standard InChI is InChI=1S/C16H25N5O/c1-3-4-5-8-18-16(17)21-20-11-12-10-19-15-7-6-13(22-2)9-14(12)15/h6-7,9,11-12,19H,3-5,8,10H2,1-2H3,(H3,17,18,21). The zero-order valence-electron chi connectivity index (χ0n) is 13.3. The monoisotopic (exact) mass is 303 g/mol. The lowest BCUT2D eigenvalue weighted by molar-refractivity contribution is 0.414. The molecule has 6 heteroatoms. The molecule has 0 aromatic heterocycles. The number of nitrogens with two attached hydrogens (primary N) is 1. The summed E-state index contributed by atoms with van der Waals surface area (Å²) in [7, 11) is 1.67. The van der Waals surface area contributed by atoms with Crippen LogP contribution in [0, 0.1) is 0 Å². The molecular weight excluding hydrogens is 278 g/mol. The Bertz CT molecular complexity index is 541. The Morgan fingerprint density at radius 1 is 1.50 bits per heavy atom. The van der Waals surface area contributed by atoms with Crippen LogP contribution >= 0.6 is 0 Å². The quantitative estimate of drug-likeness (QED) is 0.312. The summed E-state index contributed by atoms with van der Waals surface area (Å²) < 4.78 is 5.27. The fraction of sp³-hybridized carbons (Fsp3) is 0.500. The molecular formula is C16H25N5O. The van der Waals surface area contributed by atoms with Crippen LogP contribution in [0.5, 0.6) is 5.75 Å². The first-order valence-electron chi connectivity index (χ1n) is 7.75. The van der Waals surface area contributed by atoms with Crippen molar-refractivity contribution in [3.05, 3.63) is 23.8 Å². The van der Waals surface area contributed by atoms with Gasteiger partial charge in [-0.25, -0.2) is 5.43 Å². The molecule has 0 radical (unpaired) electrons. The number of rotatable bonds is 7. The van der Waals surface area contributed by atoms with Crippen molar-refractivity contribution in [2.24, 2.45) is 15.8 Å². The number of aliphatic imine (C=N–C) groups is 1. The number of fused-ring (bicyclic) bond motifs is 1. The van der Waals surface area contributed by atoms with E-state index in [1.165, 1.54) is 18.4 Å². The second kappa shape index (κ2) is 8.26. The maximum atomic E-state index is 5.77. The molecule has 1 atom stereocenters. The first-order valence-corrected chi connectivity index (χ1v) is 7.75. The second-order valence-corrected chi connectivity index (χ2v) is 5.30. The van der Waals surface area contributed by atoms with Crippen molar-refractivity contribution in [3.8, 4) is 5.75 Å². The number of hydrogen-bond acceptors (Lipinski definition) is 4. The second-order valence-electron chi connectivity index (χ2n) is 5.30. The molecule has 0 spiro atoms. The minimum atomic E-state index is 0.200. The van der Waals surface area contributed by atoms with Gasteiger partial charge in [0, 0.05) is 30.9 Å². The van der Waals surface area contributed by atoms with Crippen molar-refractivity contribution in [1.82, 2.24) is 5.43 Å². The Hall–Kier alpha value is -2.24. The van der Waals surface area contributed by atoms with Gasteiger partial charge in [-0.2, -0.15) is 5.10 Å². The van der Waals surface area contributed by atoms with E-state index in [9.17, 15) is 0 Å². The highest BCUT2D eigenvalue weighted by atomic mass is 16.5. The van der Waals surface area contributed by atoms with Crippen LogP contribution in [0.25, 0.3) is 0 Å². The fourth-order valence-corrected chi connectivity index (χ4v) is 2.39. The van der Waals surface area contributed by atoms with Crippen LogP contribution < -0.4 is 21.2 Å². The largest absolute Gasteiger partial charge is 0.497 e. The van der Waals surface area contributed by atoms with Crippen LogP contribution in [0.15, 0.2) is 28.3 Å². The Labute approximate surface area is 131 Å². The van der Waals surface area contributed by atoms with E-state index >= 15 is 0 Å². The molecule has 0 saturated carbocycles. The van der Waals surface area contributed by atoms with E-state index in [0.29, 0.717) is 5.96 Å². The van der Waals surface area contributed by atoms with Gasteiger partial charge in [0.05, 0.1) is 7.11 Å². The molecule has 1 aromatic rings. The predicted octanol–water partition coefficient (Wildman–Crippen LogP) is 2.28. The lowest BCUT2D eigenvalue weighted by atomic mass is 10.0. The van der Waals surface area contributed by atoms with E-state index in [0.717, 1.165) is 30.9 Å². The van der Waals surface area contributed by atoms with Crippen molar-refractivity contribution < 1.29 is 4.74 Å². The number of hydrogen-bond donors (Lipinski definition) is 3. The maximum absolute atomic E-state index is 5.77. The third kappa shape index (κ3) is 4.38. The smallest absolute Gasteiger partial charge is 0.209 e. The van der Waals surface area contributed by atoms with Gasteiger partial charge in [0.25, 0.3) is 0 Å². The third-order valence-electron chi connectivity index (χ3n) is 3.65. The van der Waals surface area contributed by atoms with Gasteiger partial charge in [-0.05, 0) is 30.2 Å². The fourth-order valence-electron chi connectivity index (χ4n) is 2.39. The normalized spacial score (nSPS) is 17.4. The van der Waals surface area contributed by atoms with Crippen molar-refractivity contribution >= 4 is 17.9 Å². The molecule has 6 nitrogen and oxygen atoms in total. The molecule has 0 aliphatic carbocycles. The molecule has 22 heavy (non-hydrogen) atoms. The number of methoxy groups -OCH3 is 1. The first kappa shape index (κ1) is 16.1. The van der Waals surface area contributed by atoms with E-state index < -0.39 is 0 Å². The van der Waals surface area contributed by atoms with Gasteiger partial charge in [-0.1, -0.05) is 19.8 Å². The summed E-state index contributed by atoms with van der Waals surface area (Å²) in [4.78, 5) is 4.23. The van der Waals surface area contributed by atoms with Crippen LogP contribution in [0.3, 0.4) is 0 Å². The molecule has 1 aromatic carbocycles. The van der Waals surface area contributed by atoms with Gasteiger partial charge in [0.1, 0.15) is 5.75 Å². The van der Waals surface area contributed by atoms with E-state index in [2.05, 4.69) is 27.8 Å². The number of unbranched alkanes of at least 4 members (excludes halogenated alkanes) is 2. The zero-order chi connectivity index (χ0) is 15.8. The van der Waals surface area contributed by atoms with Crippen LogP contribution in [0.2, 0.25) is 0 Å². The molecule has 1 aliphatic rings. The third-order valence-corrected chi connectivity index (χ3v) is 3.65. The van der Waals surface area contributed by atoms with Gasteiger partial charge >= 0.3 is 0 Å². The van der Waals surface area contributed by atoms with Gasteiger partial charge in [0.15, 0.2) is 0 Å². The molecule has 2 rings (SSSR count). The molecule has 120 valence electrons. The van der Waals surface area contributed by atoms with Crippen LogP contribution in [0.4, 0.5) is 5.69 Å². The number of nitrogens with one attached hydrogen (secondary N) is 2. The van der Waals surface area contributed by atoms with Crippen LogP contribution in [-0.2, 0) is 0 Å². The van der Waals surface area contributed by atoms with Gasteiger partial charge in [-0.15, -0.1) is 0 Å². The Morgan fingerprint density at radius 3 is 3.14 bits per heavy atom. The summed E-state index contributed by atoms with van der Waals surface area (Å²) in [6, 6.07) is 6.01. The van der Waals surface area contributed by atoms with E-state index in [1.807, 2.05) is 24.4 Å². The summed E-state index contributed by atoms with van der Waals surface area (Å²) >= 11 is 0. The highest BCUT2D eigenvalue weighted by Gasteiger charge is 2.21. The lowest BCUT2D eigenvalue weighted by Gasteiger charge is -2.06. The maximum Gasteiger partial charge on any atom is 0.209 e. The average Bonchev–Trinajstić information content (AvgIpc) is 2.94. The molecule has 1 aliphatic heterocycles. The molecule has 0 amide bonds. The number of ether oxygens (including phenoxy) is 1. The Kier molecular flexibility index (Phi) is 6.06. The average molecular weight is 303 g/mol.